The first-order valence-electron chi connectivity index (χ1n) is 9.13. The van der Waals surface area contributed by atoms with Gasteiger partial charge in [0.2, 0.25) is 5.91 Å². The van der Waals surface area contributed by atoms with Crippen molar-refractivity contribution >= 4 is 22.6 Å². The van der Waals surface area contributed by atoms with Crippen LogP contribution in [0.25, 0.3) is 33.3 Å². The zero-order valence-corrected chi connectivity index (χ0v) is 16.3. The monoisotopic (exact) mass is 400 g/mol. The van der Waals surface area contributed by atoms with Gasteiger partial charge in [-0.2, -0.15) is 5.26 Å². The first kappa shape index (κ1) is 19.2. The molecule has 0 bridgehead atoms. The van der Waals surface area contributed by atoms with Gasteiger partial charge in [-0.1, -0.05) is 12.1 Å². The van der Waals surface area contributed by atoms with Crippen LogP contribution in [0.15, 0.2) is 54.9 Å². The molecule has 0 aliphatic rings. The number of methoxy groups -OCH3 is 1. The van der Waals surface area contributed by atoms with E-state index in [-0.39, 0.29) is 17.3 Å². The van der Waals surface area contributed by atoms with Gasteiger partial charge in [-0.3, -0.25) is 4.79 Å². The van der Waals surface area contributed by atoms with Crippen LogP contribution in [0.2, 0.25) is 0 Å². The number of anilines is 1. The summed E-state index contributed by atoms with van der Waals surface area (Å²) >= 11 is 0. The fraction of sp³-hybridized carbons (Fsp3) is 0.0870. The number of carbonyl (C=O) groups excluding carboxylic acids is 1. The number of rotatable bonds is 4. The fourth-order valence-corrected chi connectivity index (χ4v) is 3.35. The third-order valence-corrected chi connectivity index (χ3v) is 4.74. The molecule has 7 heteroatoms. The van der Waals surface area contributed by atoms with Crippen molar-refractivity contribution < 1.29 is 13.9 Å². The van der Waals surface area contributed by atoms with Crippen LogP contribution >= 0.6 is 0 Å². The van der Waals surface area contributed by atoms with Gasteiger partial charge in [-0.15, -0.1) is 0 Å². The highest BCUT2D eigenvalue weighted by Gasteiger charge is 2.15. The standard InChI is InChI=1S/C23H17FN4O2/c1-13(29)28-20-8-16(9-21(30-2)22(20)24)17-7-18-19(12-27-23(18)26-11-17)15-5-3-4-14(6-15)10-25/h3-9,11-12H,1-2H3,(H,26,27)(H,28,29). The number of carbonyl (C=O) groups is 1. The number of ether oxygens (including phenoxy) is 1. The Kier molecular flexibility index (Phi) is 4.90. The lowest BCUT2D eigenvalue weighted by Gasteiger charge is -2.12. The van der Waals surface area contributed by atoms with Gasteiger partial charge in [0.25, 0.3) is 0 Å². The Labute approximate surface area is 171 Å². The number of benzene rings is 2. The van der Waals surface area contributed by atoms with Gasteiger partial charge in [0.1, 0.15) is 5.65 Å². The molecule has 0 radical (unpaired) electrons. The summed E-state index contributed by atoms with van der Waals surface area (Å²) in [7, 11) is 1.37. The topological polar surface area (TPSA) is 90.8 Å². The van der Waals surface area contributed by atoms with E-state index in [0.717, 1.165) is 22.1 Å². The SMILES string of the molecule is COc1cc(-c2cnc3[nH]cc(-c4cccc(C#N)c4)c3c2)cc(NC(C)=O)c1F. The molecule has 4 rings (SSSR count). The molecule has 0 atom stereocenters. The third-order valence-electron chi connectivity index (χ3n) is 4.74. The fourth-order valence-electron chi connectivity index (χ4n) is 3.35. The van der Waals surface area contributed by atoms with Crippen LogP contribution in [0.1, 0.15) is 12.5 Å². The molecule has 6 nitrogen and oxygen atoms in total. The molecule has 2 N–H and O–H groups in total. The van der Waals surface area contributed by atoms with Crippen molar-refractivity contribution in [3.05, 3.63) is 66.2 Å². The molecule has 0 aliphatic carbocycles. The molecule has 0 fully saturated rings. The van der Waals surface area contributed by atoms with Gasteiger partial charge in [0.15, 0.2) is 11.6 Å². The quantitative estimate of drug-likeness (QED) is 0.511. The molecule has 148 valence electrons. The predicted octanol–water partition coefficient (Wildman–Crippen LogP) is 4.87. The lowest BCUT2D eigenvalue weighted by Crippen LogP contribution is -2.08. The van der Waals surface area contributed by atoms with Crippen LogP contribution in [0, 0.1) is 17.1 Å². The summed E-state index contributed by atoms with van der Waals surface area (Å²) in [6.07, 6.45) is 3.50. The summed E-state index contributed by atoms with van der Waals surface area (Å²) in [5, 5.41) is 12.5. The molecule has 0 saturated heterocycles. The second kappa shape index (κ2) is 7.68. The van der Waals surface area contributed by atoms with E-state index in [4.69, 9.17) is 4.74 Å². The van der Waals surface area contributed by atoms with E-state index in [9.17, 15) is 14.4 Å². The Hall–Kier alpha value is -4.18. The number of nitriles is 1. The molecule has 0 unspecified atom stereocenters. The Morgan fingerprint density at radius 3 is 2.77 bits per heavy atom. The van der Waals surface area contributed by atoms with E-state index >= 15 is 0 Å². The Bertz CT molecular complexity index is 1320. The van der Waals surface area contributed by atoms with Crippen LogP contribution < -0.4 is 10.1 Å². The number of amides is 1. The molecule has 1 amide bonds. The van der Waals surface area contributed by atoms with E-state index in [1.807, 2.05) is 30.5 Å². The van der Waals surface area contributed by atoms with Gasteiger partial charge >= 0.3 is 0 Å². The molecule has 30 heavy (non-hydrogen) atoms. The maximum Gasteiger partial charge on any atom is 0.221 e. The van der Waals surface area contributed by atoms with E-state index in [2.05, 4.69) is 21.4 Å². The average Bonchev–Trinajstić information content (AvgIpc) is 3.18. The number of H-pyrrole nitrogens is 1. The van der Waals surface area contributed by atoms with Crippen molar-refractivity contribution in [2.75, 3.05) is 12.4 Å². The van der Waals surface area contributed by atoms with Crippen LogP contribution in [-0.4, -0.2) is 23.0 Å². The van der Waals surface area contributed by atoms with Crippen molar-refractivity contribution in [1.82, 2.24) is 9.97 Å². The predicted molar refractivity (Wildman–Crippen MR) is 112 cm³/mol. The number of nitrogens with zero attached hydrogens (tertiary/aromatic N) is 2. The van der Waals surface area contributed by atoms with Crippen LogP contribution in [0.4, 0.5) is 10.1 Å². The van der Waals surface area contributed by atoms with E-state index in [0.29, 0.717) is 16.8 Å². The minimum Gasteiger partial charge on any atom is -0.494 e. The summed E-state index contributed by atoms with van der Waals surface area (Å²) in [6, 6.07) is 14.5. The van der Waals surface area contributed by atoms with Crippen LogP contribution in [-0.2, 0) is 4.79 Å². The largest absolute Gasteiger partial charge is 0.494 e. The van der Waals surface area contributed by atoms with Crippen molar-refractivity contribution in [3.63, 3.8) is 0 Å². The molecule has 0 aliphatic heterocycles. The number of aromatic nitrogens is 2. The Morgan fingerprint density at radius 1 is 1.20 bits per heavy atom. The molecular weight excluding hydrogens is 383 g/mol. The van der Waals surface area contributed by atoms with Gasteiger partial charge in [0.05, 0.1) is 24.4 Å². The first-order valence-corrected chi connectivity index (χ1v) is 9.13. The van der Waals surface area contributed by atoms with Crippen molar-refractivity contribution in [3.8, 4) is 34.1 Å². The zero-order valence-electron chi connectivity index (χ0n) is 16.3. The molecule has 2 aromatic carbocycles. The highest BCUT2D eigenvalue weighted by Crippen LogP contribution is 2.35. The van der Waals surface area contributed by atoms with Crippen molar-refractivity contribution in [1.29, 1.82) is 5.26 Å². The summed E-state index contributed by atoms with van der Waals surface area (Å²) in [4.78, 5) is 19.1. The van der Waals surface area contributed by atoms with Gasteiger partial charge in [-0.25, -0.2) is 9.37 Å². The Morgan fingerprint density at radius 2 is 2.03 bits per heavy atom. The second-order valence-electron chi connectivity index (χ2n) is 6.74. The highest BCUT2D eigenvalue weighted by molar-refractivity contribution is 5.96. The number of fused-ring (bicyclic) bond motifs is 1. The third kappa shape index (κ3) is 3.47. The molecular formula is C23H17FN4O2. The van der Waals surface area contributed by atoms with Crippen LogP contribution in [0.3, 0.4) is 0 Å². The smallest absolute Gasteiger partial charge is 0.221 e. The summed E-state index contributed by atoms with van der Waals surface area (Å²) in [5.41, 5.74) is 4.44. The summed E-state index contributed by atoms with van der Waals surface area (Å²) in [6.45, 7) is 1.31. The van der Waals surface area contributed by atoms with Crippen LogP contribution in [0.5, 0.6) is 5.75 Å². The molecule has 2 heterocycles. The van der Waals surface area contributed by atoms with Crippen molar-refractivity contribution in [2.24, 2.45) is 0 Å². The van der Waals surface area contributed by atoms with Crippen molar-refractivity contribution in [2.45, 2.75) is 6.92 Å². The lowest BCUT2D eigenvalue weighted by molar-refractivity contribution is -0.114. The zero-order chi connectivity index (χ0) is 21.3. The maximum absolute atomic E-state index is 14.5. The second-order valence-corrected chi connectivity index (χ2v) is 6.74. The summed E-state index contributed by atoms with van der Waals surface area (Å²) in [5.74, 6) is -1.000. The van der Waals surface area contributed by atoms with E-state index in [1.165, 1.54) is 14.0 Å². The Balaban J connectivity index is 1.86. The van der Waals surface area contributed by atoms with Gasteiger partial charge in [-0.05, 0) is 41.5 Å². The minimum absolute atomic E-state index is 0.0207. The average molecular weight is 400 g/mol. The number of aromatic amines is 1. The number of hydrogen-bond donors (Lipinski definition) is 2. The van der Waals surface area contributed by atoms with Gasteiger partial charge < -0.3 is 15.0 Å². The van der Waals surface area contributed by atoms with E-state index < -0.39 is 5.82 Å². The number of pyridine rings is 1. The molecule has 0 spiro atoms. The normalized spacial score (nSPS) is 10.6. The number of halogens is 1. The number of nitrogens with one attached hydrogen (secondary N) is 2. The number of hydrogen-bond acceptors (Lipinski definition) is 4. The van der Waals surface area contributed by atoms with Gasteiger partial charge in [0, 0.05) is 35.8 Å². The van der Waals surface area contributed by atoms with E-state index in [1.54, 1.807) is 24.4 Å². The minimum atomic E-state index is -0.638. The summed E-state index contributed by atoms with van der Waals surface area (Å²) < 4.78 is 19.6. The lowest BCUT2D eigenvalue weighted by atomic mass is 10.0. The molecule has 0 saturated carbocycles. The maximum atomic E-state index is 14.5. The molecule has 2 aromatic heterocycles. The highest BCUT2D eigenvalue weighted by atomic mass is 19.1. The first-order chi connectivity index (χ1) is 14.5. The molecule has 4 aromatic rings.